The second-order valence-electron chi connectivity index (χ2n) is 3.79. The highest BCUT2D eigenvalue weighted by atomic mass is 14.1. The van der Waals surface area contributed by atoms with Gasteiger partial charge in [0.15, 0.2) is 0 Å². The van der Waals surface area contributed by atoms with Crippen LogP contribution in [0.15, 0.2) is 60.8 Å². The van der Waals surface area contributed by atoms with E-state index in [0.29, 0.717) is 11.8 Å². The van der Waals surface area contributed by atoms with E-state index in [2.05, 4.69) is 60.8 Å². The van der Waals surface area contributed by atoms with Crippen molar-refractivity contribution in [2.75, 3.05) is 0 Å². The molecule has 0 bridgehead atoms. The molecule has 2 aliphatic carbocycles. The van der Waals surface area contributed by atoms with Crippen LogP contribution < -0.4 is 0 Å². The minimum atomic E-state index is 0.546. The summed E-state index contributed by atoms with van der Waals surface area (Å²) in [5.41, 5.74) is 0. The molecule has 0 radical (unpaired) electrons. The summed E-state index contributed by atoms with van der Waals surface area (Å²) in [7, 11) is 0. The topological polar surface area (TPSA) is 0 Å². The SMILES string of the molecule is C1=CC(C=CCCC2C=CC=C2)C=C1. The normalized spacial score (nSPS) is 20.9. The Balaban J connectivity index is 1.67. The lowest BCUT2D eigenvalue weighted by Crippen LogP contribution is -1.87. The molecular formula is C14H16. The zero-order valence-electron chi connectivity index (χ0n) is 8.34. The van der Waals surface area contributed by atoms with Crippen LogP contribution in [0.3, 0.4) is 0 Å². The van der Waals surface area contributed by atoms with Gasteiger partial charge in [0.25, 0.3) is 0 Å². The maximum Gasteiger partial charge on any atom is 0.0133 e. The molecule has 0 atom stereocenters. The molecule has 0 aromatic carbocycles. The van der Waals surface area contributed by atoms with Crippen molar-refractivity contribution < 1.29 is 0 Å². The molecule has 0 heteroatoms. The van der Waals surface area contributed by atoms with Crippen molar-refractivity contribution in [2.24, 2.45) is 11.8 Å². The Labute approximate surface area is 86.0 Å². The molecule has 2 aliphatic rings. The van der Waals surface area contributed by atoms with Crippen molar-refractivity contribution in [1.82, 2.24) is 0 Å². The minimum absolute atomic E-state index is 0.546. The van der Waals surface area contributed by atoms with E-state index in [4.69, 9.17) is 0 Å². The Morgan fingerprint density at radius 1 is 0.857 bits per heavy atom. The predicted octanol–water partition coefficient (Wildman–Crippen LogP) is 3.81. The Hall–Kier alpha value is -1.30. The van der Waals surface area contributed by atoms with Crippen LogP contribution in [-0.4, -0.2) is 0 Å². The van der Waals surface area contributed by atoms with Gasteiger partial charge in [-0.05, 0) is 18.8 Å². The van der Waals surface area contributed by atoms with E-state index < -0.39 is 0 Å². The van der Waals surface area contributed by atoms with Gasteiger partial charge in [-0.2, -0.15) is 0 Å². The van der Waals surface area contributed by atoms with Crippen LogP contribution in [0.5, 0.6) is 0 Å². The van der Waals surface area contributed by atoms with Crippen molar-refractivity contribution in [3.63, 3.8) is 0 Å². The summed E-state index contributed by atoms with van der Waals surface area (Å²) in [6.07, 6.45) is 24.4. The predicted molar refractivity (Wildman–Crippen MR) is 61.9 cm³/mol. The van der Waals surface area contributed by atoms with Crippen molar-refractivity contribution in [1.29, 1.82) is 0 Å². The lowest BCUT2D eigenvalue weighted by molar-refractivity contribution is 0.728. The summed E-state index contributed by atoms with van der Waals surface area (Å²) in [6.45, 7) is 0. The molecule has 0 aliphatic heterocycles. The Bertz CT molecular complexity index is 289. The zero-order chi connectivity index (χ0) is 9.64. The molecular weight excluding hydrogens is 168 g/mol. The number of hydrogen-bond donors (Lipinski definition) is 0. The van der Waals surface area contributed by atoms with Crippen molar-refractivity contribution in [2.45, 2.75) is 12.8 Å². The highest BCUT2D eigenvalue weighted by molar-refractivity contribution is 5.22. The Morgan fingerprint density at radius 3 is 2.21 bits per heavy atom. The van der Waals surface area contributed by atoms with Crippen LogP contribution in [0, 0.1) is 11.8 Å². The second-order valence-corrected chi connectivity index (χ2v) is 3.79. The van der Waals surface area contributed by atoms with Crippen LogP contribution in [0.2, 0.25) is 0 Å². The average Bonchev–Trinajstić information content (AvgIpc) is 2.86. The van der Waals surface area contributed by atoms with Crippen molar-refractivity contribution >= 4 is 0 Å². The Morgan fingerprint density at radius 2 is 1.50 bits per heavy atom. The molecule has 0 fully saturated rings. The van der Waals surface area contributed by atoms with Crippen LogP contribution in [0.25, 0.3) is 0 Å². The summed E-state index contributed by atoms with van der Waals surface area (Å²) in [5, 5.41) is 0. The number of hydrogen-bond acceptors (Lipinski definition) is 0. The molecule has 0 heterocycles. The monoisotopic (exact) mass is 184 g/mol. The first-order valence-electron chi connectivity index (χ1n) is 5.32. The molecule has 0 N–H and O–H groups in total. The molecule has 0 amide bonds. The summed E-state index contributed by atoms with van der Waals surface area (Å²) in [4.78, 5) is 0. The molecule has 0 unspecified atom stereocenters. The van der Waals surface area contributed by atoms with E-state index in [9.17, 15) is 0 Å². The molecule has 72 valence electrons. The van der Waals surface area contributed by atoms with E-state index in [1.54, 1.807) is 0 Å². The van der Waals surface area contributed by atoms with Crippen LogP contribution >= 0.6 is 0 Å². The first-order valence-corrected chi connectivity index (χ1v) is 5.32. The van der Waals surface area contributed by atoms with Gasteiger partial charge in [0.2, 0.25) is 0 Å². The molecule has 0 spiro atoms. The van der Waals surface area contributed by atoms with E-state index in [1.807, 2.05) is 0 Å². The van der Waals surface area contributed by atoms with E-state index in [-0.39, 0.29) is 0 Å². The third kappa shape index (κ3) is 2.59. The van der Waals surface area contributed by atoms with Gasteiger partial charge in [0.05, 0.1) is 0 Å². The third-order valence-electron chi connectivity index (χ3n) is 2.63. The summed E-state index contributed by atoms with van der Waals surface area (Å²) >= 11 is 0. The fraction of sp³-hybridized carbons (Fsp3) is 0.286. The minimum Gasteiger partial charge on any atom is -0.0876 e. The maximum atomic E-state index is 2.30. The van der Waals surface area contributed by atoms with E-state index >= 15 is 0 Å². The molecule has 0 aromatic heterocycles. The standard InChI is InChI=1S/C14H16/c1-2-8-13(7-1)11-5-6-12-14-9-3-4-10-14/h1-5,7-11,13-14H,6,12H2. The zero-order valence-corrected chi connectivity index (χ0v) is 8.34. The van der Waals surface area contributed by atoms with Gasteiger partial charge in [-0.15, -0.1) is 0 Å². The second kappa shape index (κ2) is 4.80. The Kier molecular flexibility index (Phi) is 3.18. The fourth-order valence-electron chi connectivity index (χ4n) is 1.79. The van der Waals surface area contributed by atoms with Gasteiger partial charge in [0.1, 0.15) is 0 Å². The molecule has 0 aromatic rings. The van der Waals surface area contributed by atoms with Gasteiger partial charge in [-0.3, -0.25) is 0 Å². The maximum absolute atomic E-state index is 2.30. The molecule has 0 saturated heterocycles. The van der Waals surface area contributed by atoms with Crippen LogP contribution in [0.1, 0.15) is 12.8 Å². The van der Waals surface area contributed by atoms with Gasteiger partial charge >= 0.3 is 0 Å². The summed E-state index contributed by atoms with van der Waals surface area (Å²) < 4.78 is 0. The smallest absolute Gasteiger partial charge is 0.0133 e. The molecule has 0 nitrogen and oxygen atoms in total. The van der Waals surface area contributed by atoms with Crippen molar-refractivity contribution in [3.8, 4) is 0 Å². The van der Waals surface area contributed by atoms with Crippen LogP contribution in [-0.2, 0) is 0 Å². The van der Waals surface area contributed by atoms with Gasteiger partial charge in [-0.25, -0.2) is 0 Å². The molecule has 0 saturated carbocycles. The molecule has 14 heavy (non-hydrogen) atoms. The fourth-order valence-corrected chi connectivity index (χ4v) is 1.79. The highest BCUT2D eigenvalue weighted by Crippen LogP contribution is 2.16. The van der Waals surface area contributed by atoms with Gasteiger partial charge in [0, 0.05) is 5.92 Å². The van der Waals surface area contributed by atoms with Gasteiger partial charge < -0.3 is 0 Å². The third-order valence-corrected chi connectivity index (χ3v) is 2.63. The van der Waals surface area contributed by atoms with Gasteiger partial charge in [-0.1, -0.05) is 60.8 Å². The average molecular weight is 184 g/mol. The molecule has 2 rings (SSSR count). The first-order chi connectivity index (χ1) is 6.95. The van der Waals surface area contributed by atoms with E-state index in [1.165, 1.54) is 12.8 Å². The lowest BCUT2D eigenvalue weighted by atomic mass is 10.0. The quantitative estimate of drug-likeness (QED) is 0.583. The highest BCUT2D eigenvalue weighted by Gasteiger charge is 2.01. The lowest BCUT2D eigenvalue weighted by Gasteiger charge is -2.01. The van der Waals surface area contributed by atoms with Crippen molar-refractivity contribution in [3.05, 3.63) is 60.8 Å². The first kappa shape index (κ1) is 9.26. The number of rotatable bonds is 4. The van der Waals surface area contributed by atoms with Crippen LogP contribution in [0.4, 0.5) is 0 Å². The van der Waals surface area contributed by atoms with E-state index in [0.717, 1.165) is 0 Å². The number of allylic oxidation sites excluding steroid dienone is 10. The summed E-state index contributed by atoms with van der Waals surface area (Å²) in [5.74, 6) is 1.22. The largest absolute Gasteiger partial charge is 0.0876 e. The summed E-state index contributed by atoms with van der Waals surface area (Å²) in [6, 6.07) is 0.